The highest BCUT2D eigenvalue weighted by Crippen LogP contribution is 2.12. The fourth-order valence-corrected chi connectivity index (χ4v) is 0.901. The molecule has 0 saturated carbocycles. The van der Waals surface area contributed by atoms with Crippen LogP contribution in [0.2, 0.25) is 0 Å². The van der Waals surface area contributed by atoms with Crippen molar-refractivity contribution in [3.05, 3.63) is 11.7 Å². The van der Waals surface area contributed by atoms with Crippen molar-refractivity contribution in [2.75, 3.05) is 0 Å². The molecule has 0 radical (unpaired) electrons. The van der Waals surface area contributed by atoms with E-state index in [2.05, 4.69) is 10.1 Å². The maximum atomic E-state index is 9.33. The summed E-state index contributed by atoms with van der Waals surface area (Å²) < 4.78 is 4.91. The molecule has 1 unspecified atom stereocenters. The van der Waals surface area contributed by atoms with Crippen LogP contribution < -0.4 is 0 Å². The summed E-state index contributed by atoms with van der Waals surface area (Å²) in [6.45, 7) is 3.92. The van der Waals surface area contributed by atoms with Crippen LogP contribution in [0.4, 0.5) is 0 Å². The molecule has 0 aliphatic rings. The molecule has 4 nitrogen and oxygen atoms in total. The van der Waals surface area contributed by atoms with Gasteiger partial charge in [-0.2, -0.15) is 4.98 Å². The second-order valence-electron chi connectivity index (χ2n) is 2.72. The highest BCUT2D eigenvalue weighted by molar-refractivity contribution is 4.89. The summed E-state index contributed by atoms with van der Waals surface area (Å²) in [5, 5.41) is 13.0. The monoisotopic (exact) mass is 170 g/mol. The van der Waals surface area contributed by atoms with E-state index in [1.165, 1.54) is 0 Å². The zero-order chi connectivity index (χ0) is 8.97. The van der Waals surface area contributed by atoms with Crippen LogP contribution in [-0.2, 0) is 6.42 Å². The molecule has 1 N–H and O–H groups in total. The molecule has 0 saturated heterocycles. The zero-order valence-corrected chi connectivity index (χ0v) is 7.45. The minimum Gasteiger partial charge on any atom is -0.385 e. The Morgan fingerprint density at radius 2 is 2.25 bits per heavy atom. The number of hydrogen-bond donors (Lipinski definition) is 1. The molecule has 0 fully saturated rings. The van der Waals surface area contributed by atoms with Gasteiger partial charge in [0.25, 0.3) is 0 Å². The normalized spacial score (nSPS) is 13.2. The first kappa shape index (κ1) is 9.19. The van der Waals surface area contributed by atoms with E-state index in [-0.39, 0.29) is 0 Å². The second-order valence-corrected chi connectivity index (χ2v) is 2.72. The van der Waals surface area contributed by atoms with Crippen LogP contribution in [-0.4, -0.2) is 15.2 Å². The predicted octanol–water partition coefficient (Wildman–Crippen LogP) is 1.47. The average Bonchev–Trinajstić information content (AvgIpc) is 2.52. The zero-order valence-electron chi connectivity index (χ0n) is 7.45. The first-order valence-electron chi connectivity index (χ1n) is 4.28. The van der Waals surface area contributed by atoms with E-state index < -0.39 is 6.10 Å². The van der Waals surface area contributed by atoms with Gasteiger partial charge in [0.2, 0.25) is 5.89 Å². The summed E-state index contributed by atoms with van der Waals surface area (Å²) in [5.74, 6) is 1.01. The van der Waals surface area contributed by atoms with Crippen molar-refractivity contribution in [1.29, 1.82) is 0 Å². The number of rotatable bonds is 4. The Kier molecular flexibility index (Phi) is 3.22. The van der Waals surface area contributed by atoms with Gasteiger partial charge in [-0.25, -0.2) is 0 Å². The lowest BCUT2D eigenvalue weighted by atomic mass is 10.3. The van der Waals surface area contributed by atoms with E-state index in [1.54, 1.807) is 0 Å². The Bertz CT molecular complexity index is 235. The highest BCUT2D eigenvalue weighted by Gasteiger charge is 2.12. The molecule has 1 atom stereocenters. The summed E-state index contributed by atoms with van der Waals surface area (Å²) >= 11 is 0. The molecule has 0 aliphatic carbocycles. The number of aliphatic hydroxyl groups excluding tert-OH is 1. The summed E-state index contributed by atoms with van der Waals surface area (Å²) in [6.07, 6.45) is 1.79. The third kappa shape index (κ3) is 2.04. The molecule has 0 aromatic carbocycles. The molecular formula is C8H14N2O2. The molecule has 1 aromatic rings. The van der Waals surface area contributed by atoms with Gasteiger partial charge in [0, 0.05) is 6.42 Å². The van der Waals surface area contributed by atoms with Crippen molar-refractivity contribution in [3.63, 3.8) is 0 Å². The Hall–Kier alpha value is -0.900. The molecule has 12 heavy (non-hydrogen) atoms. The maximum absolute atomic E-state index is 9.33. The van der Waals surface area contributed by atoms with Crippen molar-refractivity contribution in [2.24, 2.45) is 0 Å². The minimum atomic E-state index is -0.584. The summed E-state index contributed by atoms with van der Waals surface area (Å²) in [6, 6.07) is 0. The number of hydrogen-bond acceptors (Lipinski definition) is 4. The molecule has 1 aromatic heterocycles. The third-order valence-corrected chi connectivity index (χ3v) is 1.63. The first-order valence-corrected chi connectivity index (χ1v) is 4.28. The van der Waals surface area contributed by atoms with Crippen molar-refractivity contribution in [1.82, 2.24) is 10.1 Å². The van der Waals surface area contributed by atoms with Crippen LogP contribution in [0.1, 0.15) is 44.5 Å². The van der Waals surface area contributed by atoms with Crippen LogP contribution in [0.5, 0.6) is 0 Å². The maximum Gasteiger partial charge on any atom is 0.226 e. The van der Waals surface area contributed by atoms with Gasteiger partial charge in [0.05, 0.1) is 0 Å². The van der Waals surface area contributed by atoms with Crippen molar-refractivity contribution in [3.8, 4) is 0 Å². The summed E-state index contributed by atoms with van der Waals surface area (Å²) in [7, 11) is 0. The van der Waals surface area contributed by atoms with Crippen molar-refractivity contribution < 1.29 is 9.63 Å². The van der Waals surface area contributed by atoms with Gasteiger partial charge in [-0.1, -0.05) is 19.0 Å². The van der Waals surface area contributed by atoms with Gasteiger partial charge in [-0.15, -0.1) is 0 Å². The number of aliphatic hydroxyl groups is 1. The van der Waals surface area contributed by atoms with Crippen LogP contribution in [0.3, 0.4) is 0 Å². The van der Waals surface area contributed by atoms with E-state index in [1.807, 2.05) is 13.8 Å². The Labute approximate surface area is 71.6 Å². The largest absolute Gasteiger partial charge is 0.385 e. The Morgan fingerprint density at radius 3 is 2.83 bits per heavy atom. The molecular weight excluding hydrogens is 156 g/mol. The molecule has 1 rings (SSSR count). The van der Waals surface area contributed by atoms with Crippen LogP contribution >= 0.6 is 0 Å². The Morgan fingerprint density at radius 1 is 1.50 bits per heavy atom. The number of aryl methyl sites for hydroxylation is 1. The fourth-order valence-electron chi connectivity index (χ4n) is 0.901. The standard InChI is InChI=1S/C8H14N2O2/c1-3-5-7-9-8(10-12-7)6(11)4-2/h6,11H,3-5H2,1-2H3. The lowest BCUT2D eigenvalue weighted by molar-refractivity contribution is 0.159. The van der Waals surface area contributed by atoms with Gasteiger partial charge >= 0.3 is 0 Å². The number of nitrogens with zero attached hydrogens (tertiary/aromatic N) is 2. The summed E-state index contributed by atoms with van der Waals surface area (Å²) in [4.78, 5) is 4.04. The topological polar surface area (TPSA) is 59.2 Å². The summed E-state index contributed by atoms with van der Waals surface area (Å²) in [5.41, 5.74) is 0. The third-order valence-electron chi connectivity index (χ3n) is 1.63. The molecule has 0 aliphatic heterocycles. The lowest BCUT2D eigenvalue weighted by Gasteiger charge is -1.97. The fraction of sp³-hybridized carbons (Fsp3) is 0.750. The van der Waals surface area contributed by atoms with Crippen LogP contribution in [0, 0.1) is 0 Å². The lowest BCUT2D eigenvalue weighted by Crippen LogP contribution is -1.97. The molecule has 4 heteroatoms. The first-order chi connectivity index (χ1) is 5.77. The van der Waals surface area contributed by atoms with E-state index in [9.17, 15) is 5.11 Å². The average molecular weight is 170 g/mol. The van der Waals surface area contributed by atoms with E-state index in [4.69, 9.17) is 4.52 Å². The van der Waals surface area contributed by atoms with Gasteiger partial charge < -0.3 is 9.63 Å². The minimum absolute atomic E-state index is 0.404. The van der Waals surface area contributed by atoms with Crippen LogP contribution in [0.15, 0.2) is 4.52 Å². The molecule has 1 heterocycles. The molecule has 0 amide bonds. The van der Waals surface area contributed by atoms with Gasteiger partial charge in [-0.3, -0.25) is 0 Å². The molecule has 68 valence electrons. The van der Waals surface area contributed by atoms with E-state index in [0.717, 1.165) is 12.8 Å². The highest BCUT2D eigenvalue weighted by atomic mass is 16.5. The predicted molar refractivity (Wildman–Crippen MR) is 43.5 cm³/mol. The van der Waals surface area contributed by atoms with Crippen molar-refractivity contribution in [2.45, 2.75) is 39.2 Å². The van der Waals surface area contributed by atoms with E-state index in [0.29, 0.717) is 18.1 Å². The van der Waals surface area contributed by atoms with Crippen molar-refractivity contribution >= 4 is 0 Å². The van der Waals surface area contributed by atoms with Gasteiger partial charge in [-0.05, 0) is 12.8 Å². The van der Waals surface area contributed by atoms with Crippen LogP contribution in [0.25, 0.3) is 0 Å². The SMILES string of the molecule is CCCc1nc(C(O)CC)no1. The van der Waals surface area contributed by atoms with Gasteiger partial charge in [0.15, 0.2) is 5.82 Å². The van der Waals surface area contributed by atoms with E-state index >= 15 is 0 Å². The Balaban J connectivity index is 2.63. The van der Waals surface area contributed by atoms with Gasteiger partial charge in [0.1, 0.15) is 6.10 Å². The molecule has 0 bridgehead atoms. The molecule has 0 spiro atoms. The quantitative estimate of drug-likeness (QED) is 0.743. The number of aromatic nitrogens is 2. The smallest absolute Gasteiger partial charge is 0.226 e. The second kappa shape index (κ2) is 4.21.